The van der Waals surface area contributed by atoms with E-state index in [1.165, 1.54) is 7.11 Å². The fourth-order valence-corrected chi connectivity index (χ4v) is 2.85. The van der Waals surface area contributed by atoms with E-state index >= 15 is 0 Å². The van der Waals surface area contributed by atoms with E-state index in [1.54, 1.807) is 51.7 Å². The van der Waals surface area contributed by atoms with Crippen molar-refractivity contribution in [3.8, 4) is 23.0 Å². The zero-order valence-corrected chi connectivity index (χ0v) is 15.5. The Labute approximate surface area is 149 Å². The van der Waals surface area contributed by atoms with Gasteiger partial charge >= 0.3 is 0 Å². The van der Waals surface area contributed by atoms with Gasteiger partial charge in [-0.05, 0) is 35.9 Å². The predicted molar refractivity (Wildman–Crippen MR) is 95.1 cm³/mol. The van der Waals surface area contributed by atoms with Gasteiger partial charge in [0.25, 0.3) is 0 Å². The molecule has 0 aliphatic rings. The van der Waals surface area contributed by atoms with Crippen molar-refractivity contribution in [2.75, 3.05) is 28.4 Å². The molecule has 0 saturated heterocycles. The van der Waals surface area contributed by atoms with E-state index in [0.29, 0.717) is 28.6 Å². The normalized spacial score (nSPS) is 11.5. The van der Waals surface area contributed by atoms with Crippen LogP contribution in [0.4, 0.5) is 0 Å². The Balaban J connectivity index is 2.32. The van der Waals surface area contributed by atoms with E-state index in [2.05, 4.69) is 15.9 Å². The van der Waals surface area contributed by atoms with Gasteiger partial charge in [-0.3, -0.25) is 4.79 Å². The highest BCUT2D eigenvalue weighted by atomic mass is 79.9. The monoisotopic (exact) mass is 394 g/mol. The third-order valence-electron chi connectivity index (χ3n) is 3.60. The van der Waals surface area contributed by atoms with Gasteiger partial charge in [0, 0.05) is 5.56 Å². The minimum absolute atomic E-state index is 0.0943. The molecule has 0 N–H and O–H groups in total. The zero-order chi connectivity index (χ0) is 17.7. The van der Waals surface area contributed by atoms with Crippen LogP contribution in [0.1, 0.15) is 20.7 Å². The second kappa shape index (κ2) is 8.06. The third kappa shape index (κ3) is 3.64. The second-order valence-electron chi connectivity index (χ2n) is 4.91. The maximum atomic E-state index is 12.8. The van der Waals surface area contributed by atoms with Gasteiger partial charge < -0.3 is 18.9 Å². The molecule has 0 heterocycles. The quantitative estimate of drug-likeness (QED) is 0.523. The van der Waals surface area contributed by atoms with Crippen LogP contribution in [0.5, 0.6) is 23.0 Å². The Morgan fingerprint density at radius 1 is 0.792 bits per heavy atom. The van der Waals surface area contributed by atoms with Gasteiger partial charge in [-0.2, -0.15) is 0 Å². The largest absolute Gasteiger partial charge is 0.493 e. The predicted octanol–water partition coefficient (Wildman–Crippen LogP) is 4.04. The number of benzene rings is 2. The van der Waals surface area contributed by atoms with Crippen LogP contribution in [0.15, 0.2) is 36.4 Å². The third-order valence-corrected chi connectivity index (χ3v) is 4.54. The maximum absolute atomic E-state index is 12.8. The first-order valence-corrected chi connectivity index (χ1v) is 8.09. The average molecular weight is 395 g/mol. The standard InChI is InChI=1S/C18H19BrO5/c1-21-13-7-5-11(9-15(13)23-3)17(19)18(20)12-6-8-14(22-2)16(10-12)24-4/h5-10,17H,1-4H3. The summed E-state index contributed by atoms with van der Waals surface area (Å²) in [6, 6.07) is 10.4. The summed E-state index contributed by atoms with van der Waals surface area (Å²) in [4.78, 5) is 12.2. The number of halogens is 1. The highest BCUT2D eigenvalue weighted by Crippen LogP contribution is 2.36. The van der Waals surface area contributed by atoms with Crippen LogP contribution in [0.2, 0.25) is 0 Å². The molecule has 0 aromatic heterocycles. The lowest BCUT2D eigenvalue weighted by molar-refractivity contribution is 0.0991. The summed E-state index contributed by atoms with van der Waals surface area (Å²) in [6.45, 7) is 0. The van der Waals surface area contributed by atoms with Gasteiger partial charge in [0.2, 0.25) is 0 Å². The first kappa shape index (κ1) is 18.1. The Kier molecular flexibility index (Phi) is 6.09. The lowest BCUT2D eigenvalue weighted by Crippen LogP contribution is -2.08. The van der Waals surface area contributed by atoms with Gasteiger partial charge in [-0.1, -0.05) is 22.0 Å². The van der Waals surface area contributed by atoms with Crippen LogP contribution < -0.4 is 18.9 Å². The SMILES string of the molecule is COc1ccc(C(=O)C(Br)c2ccc(OC)c(OC)c2)cc1OC. The molecular weight excluding hydrogens is 376 g/mol. The Morgan fingerprint density at radius 2 is 1.29 bits per heavy atom. The summed E-state index contributed by atoms with van der Waals surface area (Å²) in [7, 11) is 6.21. The van der Waals surface area contributed by atoms with Crippen molar-refractivity contribution >= 4 is 21.7 Å². The van der Waals surface area contributed by atoms with E-state index in [-0.39, 0.29) is 5.78 Å². The lowest BCUT2D eigenvalue weighted by Gasteiger charge is -2.14. The molecule has 0 saturated carbocycles. The highest BCUT2D eigenvalue weighted by Gasteiger charge is 2.22. The van der Waals surface area contributed by atoms with Crippen LogP contribution in [-0.4, -0.2) is 34.2 Å². The van der Waals surface area contributed by atoms with E-state index in [0.717, 1.165) is 5.56 Å². The molecule has 6 heteroatoms. The molecule has 0 aliphatic heterocycles. The molecule has 5 nitrogen and oxygen atoms in total. The Bertz CT molecular complexity index is 729. The van der Waals surface area contributed by atoms with E-state index < -0.39 is 4.83 Å². The van der Waals surface area contributed by atoms with Gasteiger partial charge in [-0.15, -0.1) is 0 Å². The maximum Gasteiger partial charge on any atom is 0.181 e. The Morgan fingerprint density at radius 3 is 1.83 bits per heavy atom. The van der Waals surface area contributed by atoms with Crippen LogP contribution in [-0.2, 0) is 0 Å². The number of methoxy groups -OCH3 is 4. The molecule has 0 aliphatic carbocycles. The van der Waals surface area contributed by atoms with Crippen LogP contribution in [0.3, 0.4) is 0 Å². The fraction of sp³-hybridized carbons (Fsp3) is 0.278. The van der Waals surface area contributed by atoms with Gasteiger partial charge in [-0.25, -0.2) is 0 Å². The smallest absolute Gasteiger partial charge is 0.181 e. The van der Waals surface area contributed by atoms with Gasteiger partial charge in [0.15, 0.2) is 28.8 Å². The minimum atomic E-state index is -0.518. The fourth-order valence-electron chi connectivity index (χ4n) is 2.30. The molecule has 2 aromatic rings. The molecule has 2 rings (SSSR count). The van der Waals surface area contributed by atoms with Gasteiger partial charge in [0.05, 0.1) is 28.4 Å². The number of hydrogen-bond acceptors (Lipinski definition) is 5. The summed E-state index contributed by atoms with van der Waals surface area (Å²) in [5.74, 6) is 2.17. The van der Waals surface area contributed by atoms with Crippen molar-refractivity contribution < 1.29 is 23.7 Å². The molecule has 128 valence electrons. The van der Waals surface area contributed by atoms with Gasteiger partial charge in [0.1, 0.15) is 4.83 Å². The van der Waals surface area contributed by atoms with E-state index in [1.807, 2.05) is 6.07 Å². The molecule has 24 heavy (non-hydrogen) atoms. The van der Waals surface area contributed by atoms with E-state index in [4.69, 9.17) is 18.9 Å². The number of hydrogen-bond donors (Lipinski definition) is 0. The first-order chi connectivity index (χ1) is 11.5. The number of ether oxygens (including phenoxy) is 4. The molecule has 0 radical (unpaired) electrons. The topological polar surface area (TPSA) is 54.0 Å². The van der Waals surface area contributed by atoms with E-state index in [9.17, 15) is 4.79 Å². The first-order valence-electron chi connectivity index (χ1n) is 7.18. The van der Waals surface area contributed by atoms with Crippen molar-refractivity contribution in [2.24, 2.45) is 0 Å². The summed E-state index contributed by atoms with van der Waals surface area (Å²) < 4.78 is 20.9. The zero-order valence-electron chi connectivity index (χ0n) is 14.0. The lowest BCUT2D eigenvalue weighted by atomic mass is 10.0. The highest BCUT2D eigenvalue weighted by molar-refractivity contribution is 9.09. The van der Waals surface area contributed by atoms with Crippen molar-refractivity contribution in [1.29, 1.82) is 0 Å². The molecule has 0 fully saturated rings. The summed E-state index contributed by atoms with van der Waals surface area (Å²) in [5.41, 5.74) is 1.29. The van der Waals surface area contributed by atoms with Crippen molar-refractivity contribution in [3.63, 3.8) is 0 Å². The molecule has 1 unspecified atom stereocenters. The second-order valence-corrected chi connectivity index (χ2v) is 5.83. The minimum Gasteiger partial charge on any atom is -0.493 e. The Hall–Kier alpha value is -2.21. The molecular formula is C18H19BrO5. The average Bonchev–Trinajstić information content (AvgIpc) is 2.65. The number of alkyl halides is 1. The van der Waals surface area contributed by atoms with Crippen molar-refractivity contribution in [3.05, 3.63) is 47.5 Å². The number of rotatable bonds is 7. The van der Waals surface area contributed by atoms with Crippen molar-refractivity contribution in [1.82, 2.24) is 0 Å². The molecule has 2 aromatic carbocycles. The molecule has 0 bridgehead atoms. The van der Waals surface area contributed by atoms with Crippen LogP contribution >= 0.6 is 15.9 Å². The molecule has 0 amide bonds. The van der Waals surface area contributed by atoms with Crippen LogP contribution in [0, 0.1) is 0 Å². The number of carbonyl (C=O) groups excluding carboxylic acids is 1. The number of Topliss-reactive ketones (excluding diaryl/α,β-unsaturated/α-hetero) is 1. The molecule has 0 spiro atoms. The molecule has 1 atom stereocenters. The summed E-state index contributed by atoms with van der Waals surface area (Å²) >= 11 is 3.46. The van der Waals surface area contributed by atoms with Crippen molar-refractivity contribution in [2.45, 2.75) is 4.83 Å². The number of carbonyl (C=O) groups is 1. The summed E-state index contributed by atoms with van der Waals surface area (Å²) in [5, 5.41) is 0. The number of ketones is 1. The summed E-state index contributed by atoms with van der Waals surface area (Å²) in [6.07, 6.45) is 0. The van der Waals surface area contributed by atoms with Crippen LogP contribution in [0.25, 0.3) is 0 Å².